The lowest BCUT2D eigenvalue weighted by Crippen LogP contribution is -2.32. The Kier molecular flexibility index (Phi) is 8.00. The van der Waals surface area contributed by atoms with Crippen molar-refractivity contribution in [2.45, 2.75) is 17.4 Å². The summed E-state index contributed by atoms with van der Waals surface area (Å²) in [5, 5.41) is 13.1. The molecule has 3 aromatic rings. The van der Waals surface area contributed by atoms with E-state index in [-0.39, 0.29) is 17.3 Å². The van der Waals surface area contributed by atoms with E-state index in [1.165, 1.54) is 24.3 Å². The fourth-order valence-corrected chi connectivity index (χ4v) is 3.92. The molecular weight excluding hydrogens is 419 g/mol. The van der Waals surface area contributed by atoms with Crippen molar-refractivity contribution in [2.75, 3.05) is 24.4 Å². The summed E-state index contributed by atoms with van der Waals surface area (Å²) in [6.45, 7) is 1.10. The van der Waals surface area contributed by atoms with Crippen LogP contribution < -0.4 is 14.8 Å². The van der Waals surface area contributed by atoms with E-state index >= 15 is 0 Å². The van der Waals surface area contributed by atoms with Gasteiger partial charge in [-0.25, -0.2) is 12.8 Å². The van der Waals surface area contributed by atoms with Gasteiger partial charge in [-0.15, -0.1) is 0 Å². The van der Waals surface area contributed by atoms with Crippen molar-refractivity contribution >= 4 is 15.7 Å². The molecule has 0 saturated heterocycles. The van der Waals surface area contributed by atoms with Crippen LogP contribution >= 0.6 is 0 Å². The van der Waals surface area contributed by atoms with Crippen LogP contribution in [0, 0.1) is 5.82 Å². The summed E-state index contributed by atoms with van der Waals surface area (Å²) in [5.74, 6) is 0.166. The van der Waals surface area contributed by atoms with Crippen molar-refractivity contribution in [1.29, 1.82) is 0 Å². The van der Waals surface area contributed by atoms with Gasteiger partial charge in [0.05, 0.1) is 4.90 Å². The largest absolute Gasteiger partial charge is 0.491 e. The van der Waals surface area contributed by atoms with E-state index < -0.39 is 16.1 Å². The normalized spacial score (nSPS) is 12.3. The van der Waals surface area contributed by atoms with Gasteiger partial charge in [-0.2, -0.15) is 0 Å². The van der Waals surface area contributed by atoms with E-state index in [9.17, 15) is 17.9 Å². The number of anilines is 1. The van der Waals surface area contributed by atoms with Crippen molar-refractivity contribution in [3.05, 3.63) is 90.2 Å². The van der Waals surface area contributed by atoms with E-state index in [4.69, 9.17) is 4.74 Å². The Morgan fingerprint density at radius 2 is 1.61 bits per heavy atom. The molecule has 0 saturated carbocycles. The molecule has 8 heteroatoms. The van der Waals surface area contributed by atoms with E-state index in [2.05, 4.69) is 10.0 Å². The van der Waals surface area contributed by atoms with Crippen LogP contribution in [0.5, 0.6) is 5.75 Å². The smallest absolute Gasteiger partial charge is 0.261 e. The number of ether oxygens (including phenoxy) is 1. The fraction of sp³-hybridized carbons (Fsp3) is 0.217. The van der Waals surface area contributed by atoms with E-state index in [0.29, 0.717) is 24.5 Å². The lowest BCUT2D eigenvalue weighted by molar-refractivity contribution is 0.106. The maximum Gasteiger partial charge on any atom is 0.261 e. The first-order chi connectivity index (χ1) is 14.9. The molecule has 0 heterocycles. The average molecular weight is 445 g/mol. The number of hydrogen-bond acceptors (Lipinski definition) is 5. The zero-order chi connectivity index (χ0) is 22.1. The number of hydrogen-bond donors (Lipinski definition) is 3. The summed E-state index contributed by atoms with van der Waals surface area (Å²) in [6.07, 6.45) is 0.0249. The predicted molar refractivity (Wildman–Crippen MR) is 118 cm³/mol. The molecule has 0 aliphatic rings. The second-order valence-electron chi connectivity index (χ2n) is 6.99. The number of benzene rings is 3. The highest BCUT2D eigenvalue weighted by atomic mass is 32.2. The third-order valence-electron chi connectivity index (χ3n) is 4.49. The van der Waals surface area contributed by atoms with Gasteiger partial charge in [0, 0.05) is 12.2 Å². The minimum Gasteiger partial charge on any atom is -0.491 e. The van der Waals surface area contributed by atoms with Crippen molar-refractivity contribution < 1.29 is 22.7 Å². The van der Waals surface area contributed by atoms with Gasteiger partial charge >= 0.3 is 0 Å². The highest BCUT2D eigenvalue weighted by molar-refractivity contribution is 7.92. The first-order valence-corrected chi connectivity index (χ1v) is 11.3. The van der Waals surface area contributed by atoms with Gasteiger partial charge in [-0.05, 0) is 67.1 Å². The number of aliphatic hydroxyl groups excluding tert-OH is 1. The molecule has 0 fully saturated rings. The summed E-state index contributed by atoms with van der Waals surface area (Å²) in [7, 11) is -3.60. The monoisotopic (exact) mass is 444 g/mol. The van der Waals surface area contributed by atoms with E-state index in [1.54, 1.807) is 42.5 Å². The summed E-state index contributed by atoms with van der Waals surface area (Å²) in [5.41, 5.74) is 1.53. The zero-order valence-electron chi connectivity index (χ0n) is 16.9. The third-order valence-corrected chi connectivity index (χ3v) is 5.88. The molecule has 3 rings (SSSR count). The van der Waals surface area contributed by atoms with Crippen LogP contribution in [-0.4, -0.2) is 39.3 Å². The van der Waals surface area contributed by atoms with Gasteiger partial charge in [0.2, 0.25) is 0 Å². The molecule has 31 heavy (non-hydrogen) atoms. The molecule has 0 aliphatic heterocycles. The topological polar surface area (TPSA) is 87.7 Å². The van der Waals surface area contributed by atoms with Crippen molar-refractivity contribution in [3.8, 4) is 5.75 Å². The standard InChI is InChI=1S/C23H25FN2O4S/c24-19-8-12-22(13-9-19)30-17-21(27)16-25-15-14-18-6-10-20(11-7-18)26-31(28,29)23-4-2-1-3-5-23/h1-13,21,25-27H,14-17H2. The summed E-state index contributed by atoms with van der Waals surface area (Å²) >= 11 is 0. The SMILES string of the molecule is O=S(=O)(Nc1ccc(CCNCC(O)COc2ccc(F)cc2)cc1)c1ccccc1. The number of aliphatic hydroxyl groups is 1. The molecule has 0 aliphatic carbocycles. The van der Waals surface area contributed by atoms with Crippen LogP contribution in [0.25, 0.3) is 0 Å². The highest BCUT2D eigenvalue weighted by Crippen LogP contribution is 2.16. The summed E-state index contributed by atoms with van der Waals surface area (Å²) in [6, 6.07) is 21.0. The second-order valence-corrected chi connectivity index (χ2v) is 8.67. The summed E-state index contributed by atoms with van der Waals surface area (Å²) < 4.78 is 45.5. The second kappa shape index (κ2) is 10.9. The van der Waals surface area contributed by atoms with Crippen LogP contribution in [-0.2, 0) is 16.4 Å². The molecule has 3 aromatic carbocycles. The molecule has 164 valence electrons. The molecule has 0 aromatic heterocycles. The van der Waals surface area contributed by atoms with Crippen LogP contribution in [0.15, 0.2) is 83.8 Å². The highest BCUT2D eigenvalue weighted by Gasteiger charge is 2.13. The van der Waals surface area contributed by atoms with Crippen LogP contribution in [0.1, 0.15) is 5.56 Å². The Morgan fingerprint density at radius 3 is 2.29 bits per heavy atom. The molecule has 0 bridgehead atoms. The van der Waals surface area contributed by atoms with Crippen molar-refractivity contribution in [3.63, 3.8) is 0 Å². The van der Waals surface area contributed by atoms with Gasteiger partial charge in [0.25, 0.3) is 10.0 Å². The van der Waals surface area contributed by atoms with Gasteiger partial charge in [0.1, 0.15) is 24.3 Å². The number of halogens is 1. The molecule has 3 N–H and O–H groups in total. The third kappa shape index (κ3) is 7.36. The number of sulfonamides is 1. The molecule has 6 nitrogen and oxygen atoms in total. The van der Waals surface area contributed by atoms with E-state index in [0.717, 1.165) is 12.0 Å². The molecule has 0 radical (unpaired) electrons. The maximum atomic E-state index is 12.9. The summed E-state index contributed by atoms with van der Waals surface area (Å²) in [4.78, 5) is 0.213. The number of rotatable bonds is 11. The fourth-order valence-electron chi connectivity index (χ4n) is 2.84. The zero-order valence-corrected chi connectivity index (χ0v) is 17.7. The first-order valence-electron chi connectivity index (χ1n) is 9.86. The van der Waals surface area contributed by atoms with Crippen molar-refractivity contribution in [2.24, 2.45) is 0 Å². The van der Waals surface area contributed by atoms with Gasteiger partial charge in [-0.3, -0.25) is 4.72 Å². The maximum absolute atomic E-state index is 12.9. The lowest BCUT2D eigenvalue weighted by Gasteiger charge is -2.13. The van der Waals surface area contributed by atoms with E-state index in [1.807, 2.05) is 12.1 Å². The average Bonchev–Trinajstić information content (AvgIpc) is 2.78. The Morgan fingerprint density at radius 1 is 0.935 bits per heavy atom. The lowest BCUT2D eigenvalue weighted by atomic mass is 10.1. The Hall–Kier alpha value is -2.94. The Balaban J connectivity index is 1.38. The van der Waals surface area contributed by atoms with Gasteiger partial charge in [-0.1, -0.05) is 30.3 Å². The Labute approximate surface area is 181 Å². The molecule has 1 atom stereocenters. The van der Waals surface area contributed by atoms with Gasteiger partial charge in [0.15, 0.2) is 0 Å². The van der Waals surface area contributed by atoms with Crippen molar-refractivity contribution in [1.82, 2.24) is 5.32 Å². The molecule has 0 amide bonds. The van der Waals surface area contributed by atoms with Gasteiger partial charge < -0.3 is 15.2 Å². The minimum atomic E-state index is -3.60. The van der Waals surface area contributed by atoms with Crippen LogP contribution in [0.4, 0.5) is 10.1 Å². The molecule has 0 spiro atoms. The molecular formula is C23H25FN2O4S. The first kappa shape index (κ1) is 22.7. The quantitative estimate of drug-likeness (QED) is 0.396. The number of nitrogens with one attached hydrogen (secondary N) is 2. The van der Waals surface area contributed by atoms with Crippen LogP contribution in [0.2, 0.25) is 0 Å². The predicted octanol–water partition coefficient (Wildman–Crippen LogP) is 3.20. The van der Waals surface area contributed by atoms with Crippen LogP contribution in [0.3, 0.4) is 0 Å². The molecule has 1 unspecified atom stereocenters. The minimum absolute atomic E-state index is 0.106. The Bertz CT molecular complexity index is 1040.